The summed E-state index contributed by atoms with van der Waals surface area (Å²) in [6, 6.07) is 12.5. The Balaban J connectivity index is 1.48. The standard InChI is InChI=1S/C20H18ClN5O2/c1-13(27)18-9-17(24-26(18)16-5-3-2-4-6-16)20(28)22-10-15-12-25-11-14(21)7-8-19(25)23-15/h2-8,11-12,18H,9-10H2,1H3,(H,22,28). The molecule has 0 bridgehead atoms. The van der Waals surface area contributed by atoms with Crippen molar-refractivity contribution < 1.29 is 9.59 Å². The van der Waals surface area contributed by atoms with E-state index in [4.69, 9.17) is 11.6 Å². The summed E-state index contributed by atoms with van der Waals surface area (Å²) in [4.78, 5) is 29.1. The molecule has 142 valence electrons. The number of hydrogen-bond acceptors (Lipinski definition) is 5. The number of anilines is 1. The van der Waals surface area contributed by atoms with Crippen LogP contribution < -0.4 is 10.3 Å². The Morgan fingerprint density at radius 1 is 1.18 bits per heavy atom. The zero-order chi connectivity index (χ0) is 19.7. The maximum absolute atomic E-state index is 12.6. The third-order valence-electron chi connectivity index (χ3n) is 4.56. The van der Waals surface area contributed by atoms with Crippen molar-refractivity contribution in [3.8, 4) is 0 Å². The molecule has 0 saturated carbocycles. The summed E-state index contributed by atoms with van der Waals surface area (Å²) in [5.41, 5.74) is 2.56. The van der Waals surface area contributed by atoms with Gasteiger partial charge in [0.05, 0.1) is 22.9 Å². The Kier molecular flexibility index (Phi) is 4.83. The van der Waals surface area contributed by atoms with E-state index in [-0.39, 0.29) is 24.7 Å². The first-order valence-electron chi connectivity index (χ1n) is 8.85. The lowest BCUT2D eigenvalue weighted by molar-refractivity contribution is -0.118. The van der Waals surface area contributed by atoms with E-state index < -0.39 is 6.04 Å². The van der Waals surface area contributed by atoms with E-state index in [0.29, 0.717) is 16.4 Å². The molecule has 1 unspecified atom stereocenters. The number of aromatic nitrogens is 2. The first-order chi connectivity index (χ1) is 13.5. The molecule has 3 aromatic rings. The summed E-state index contributed by atoms with van der Waals surface area (Å²) in [6.45, 7) is 1.77. The Hall–Kier alpha value is -3.19. The molecule has 8 heteroatoms. The number of hydrogen-bond donors (Lipinski definition) is 1. The molecule has 2 aromatic heterocycles. The SMILES string of the molecule is CC(=O)C1CC(C(=O)NCc2cn3cc(Cl)ccc3n2)=NN1c1ccccc1. The molecule has 28 heavy (non-hydrogen) atoms. The predicted octanol–water partition coefficient (Wildman–Crippen LogP) is 2.83. The van der Waals surface area contributed by atoms with Crippen molar-refractivity contribution in [2.24, 2.45) is 5.10 Å². The van der Waals surface area contributed by atoms with Gasteiger partial charge in [-0.05, 0) is 31.2 Å². The molecule has 1 amide bonds. The van der Waals surface area contributed by atoms with Crippen LogP contribution in [0.15, 0.2) is 60.0 Å². The number of halogens is 1. The van der Waals surface area contributed by atoms with Gasteiger partial charge in [-0.1, -0.05) is 29.8 Å². The van der Waals surface area contributed by atoms with Crippen LogP contribution >= 0.6 is 11.6 Å². The molecule has 1 aromatic carbocycles. The molecule has 1 aliphatic heterocycles. The highest BCUT2D eigenvalue weighted by atomic mass is 35.5. The third kappa shape index (κ3) is 3.61. The number of fused-ring (bicyclic) bond motifs is 1. The zero-order valence-corrected chi connectivity index (χ0v) is 15.9. The second kappa shape index (κ2) is 7.44. The quantitative estimate of drug-likeness (QED) is 0.720. The maximum Gasteiger partial charge on any atom is 0.267 e. The van der Waals surface area contributed by atoms with Crippen LogP contribution in [0.1, 0.15) is 19.0 Å². The minimum Gasteiger partial charge on any atom is -0.345 e. The highest BCUT2D eigenvalue weighted by molar-refractivity contribution is 6.40. The fourth-order valence-electron chi connectivity index (χ4n) is 3.16. The van der Waals surface area contributed by atoms with Crippen molar-refractivity contribution in [3.63, 3.8) is 0 Å². The number of para-hydroxylation sites is 1. The maximum atomic E-state index is 12.6. The minimum atomic E-state index is -0.472. The molecule has 0 spiro atoms. The van der Waals surface area contributed by atoms with Crippen molar-refractivity contribution in [1.82, 2.24) is 14.7 Å². The summed E-state index contributed by atoms with van der Waals surface area (Å²) in [6.07, 6.45) is 3.84. The van der Waals surface area contributed by atoms with Crippen LogP contribution in [0.5, 0.6) is 0 Å². The van der Waals surface area contributed by atoms with Crippen molar-refractivity contribution >= 4 is 40.3 Å². The Morgan fingerprint density at radius 3 is 2.71 bits per heavy atom. The van der Waals surface area contributed by atoms with Crippen molar-refractivity contribution in [1.29, 1.82) is 0 Å². The monoisotopic (exact) mass is 395 g/mol. The Morgan fingerprint density at radius 2 is 1.96 bits per heavy atom. The average molecular weight is 396 g/mol. The second-order valence-electron chi connectivity index (χ2n) is 6.59. The van der Waals surface area contributed by atoms with Crippen LogP contribution in [0, 0.1) is 0 Å². The number of carbonyl (C=O) groups is 2. The van der Waals surface area contributed by atoms with E-state index in [1.54, 1.807) is 21.7 Å². The number of Topliss-reactive ketones (excluding diaryl/α,β-unsaturated/α-hetero) is 1. The lowest BCUT2D eigenvalue weighted by Crippen LogP contribution is -2.34. The van der Waals surface area contributed by atoms with Gasteiger partial charge in [-0.25, -0.2) is 4.98 Å². The zero-order valence-electron chi connectivity index (χ0n) is 15.2. The van der Waals surface area contributed by atoms with Gasteiger partial charge in [0.15, 0.2) is 5.78 Å². The van der Waals surface area contributed by atoms with Gasteiger partial charge >= 0.3 is 0 Å². The summed E-state index contributed by atoms with van der Waals surface area (Å²) in [5.74, 6) is -0.340. The molecule has 0 radical (unpaired) electrons. The number of amides is 1. The summed E-state index contributed by atoms with van der Waals surface area (Å²) in [5, 5.41) is 9.46. The van der Waals surface area contributed by atoms with Gasteiger partial charge in [-0.2, -0.15) is 5.10 Å². The molecule has 0 fully saturated rings. The molecule has 1 N–H and O–H groups in total. The molecule has 0 saturated heterocycles. The van der Waals surface area contributed by atoms with Gasteiger partial charge in [-0.3, -0.25) is 14.6 Å². The van der Waals surface area contributed by atoms with E-state index >= 15 is 0 Å². The lowest BCUT2D eigenvalue weighted by atomic mass is 10.1. The number of nitrogens with zero attached hydrogens (tertiary/aromatic N) is 4. The van der Waals surface area contributed by atoms with Gasteiger partial charge in [-0.15, -0.1) is 0 Å². The number of imidazole rings is 1. The second-order valence-corrected chi connectivity index (χ2v) is 7.02. The summed E-state index contributed by atoms with van der Waals surface area (Å²) < 4.78 is 1.81. The molecular weight excluding hydrogens is 378 g/mol. The largest absolute Gasteiger partial charge is 0.345 e. The predicted molar refractivity (Wildman–Crippen MR) is 107 cm³/mol. The van der Waals surface area contributed by atoms with Crippen LogP contribution in [-0.2, 0) is 16.1 Å². The van der Waals surface area contributed by atoms with Crippen LogP contribution in [0.4, 0.5) is 5.69 Å². The van der Waals surface area contributed by atoms with E-state index in [9.17, 15) is 9.59 Å². The number of pyridine rings is 1. The highest BCUT2D eigenvalue weighted by Crippen LogP contribution is 2.25. The van der Waals surface area contributed by atoms with Crippen molar-refractivity contribution in [3.05, 3.63) is 65.6 Å². The van der Waals surface area contributed by atoms with Gasteiger partial charge in [0, 0.05) is 18.8 Å². The number of benzene rings is 1. The molecule has 4 rings (SSSR count). The van der Waals surface area contributed by atoms with Crippen LogP contribution in [0.2, 0.25) is 5.02 Å². The van der Waals surface area contributed by atoms with Crippen LogP contribution in [-0.4, -0.2) is 32.8 Å². The first-order valence-corrected chi connectivity index (χ1v) is 9.22. The van der Waals surface area contributed by atoms with Gasteiger partial charge in [0.1, 0.15) is 17.4 Å². The average Bonchev–Trinajstić information content (AvgIpc) is 3.31. The lowest BCUT2D eigenvalue weighted by Gasteiger charge is -2.20. The Labute approximate surface area is 166 Å². The number of ketones is 1. The third-order valence-corrected chi connectivity index (χ3v) is 4.78. The van der Waals surface area contributed by atoms with Gasteiger partial charge in [0.25, 0.3) is 5.91 Å². The highest BCUT2D eigenvalue weighted by Gasteiger charge is 2.34. The van der Waals surface area contributed by atoms with E-state index in [1.165, 1.54) is 6.92 Å². The Bertz CT molecular complexity index is 1080. The van der Waals surface area contributed by atoms with Crippen molar-refractivity contribution in [2.75, 3.05) is 5.01 Å². The fourth-order valence-corrected chi connectivity index (χ4v) is 3.33. The normalized spacial score (nSPS) is 16.3. The molecule has 7 nitrogen and oxygen atoms in total. The first kappa shape index (κ1) is 18.2. The van der Waals surface area contributed by atoms with Gasteiger partial charge in [0.2, 0.25) is 0 Å². The molecular formula is C20H18ClN5O2. The smallest absolute Gasteiger partial charge is 0.267 e. The topological polar surface area (TPSA) is 79.1 Å². The van der Waals surface area contributed by atoms with E-state index in [0.717, 1.165) is 11.3 Å². The number of carbonyl (C=O) groups excluding carboxylic acids is 2. The van der Waals surface area contributed by atoms with Gasteiger partial charge < -0.3 is 9.72 Å². The minimum absolute atomic E-state index is 0.0346. The fraction of sp³-hybridized carbons (Fsp3) is 0.200. The summed E-state index contributed by atoms with van der Waals surface area (Å²) in [7, 11) is 0. The van der Waals surface area contributed by atoms with Crippen molar-refractivity contribution in [2.45, 2.75) is 25.9 Å². The number of hydrazone groups is 1. The molecule has 1 atom stereocenters. The number of rotatable bonds is 5. The molecule has 0 aliphatic carbocycles. The van der Waals surface area contributed by atoms with E-state index in [2.05, 4.69) is 15.4 Å². The van der Waals surface area contributed by atoms with E-state index in [1.807, 2.05) is 42.6 Å². The molecule has 3 heterocycles. The van der Waals surface area contributed by atoms with Crippen LogP contribution in [0.3, 0.4) is 0 Å². The summed E-state index contributed by atoms with van der Waals surface area (Å²) >= 11 is 5.98. The molecule has 1 aliphatic rings. The van der Waals surface area contributed by atoms with Crippen LogP contribution in [0.25, 0.3) is 5.65 Å². The number of nitrogens with one attached hydrogen (secondary N) is 1.